The van der Waals surface area contributed by atoms with Crippen molar-refractivity contribution in [2.24, 2.45) is 11.8 Å². The van der Waals surface area contributed by atoms with Gasteiger partial charge in [0.25, 0.3) is 0 Å². The van der Waals surface area contributed by atoms with Crippen LogP contribution in [-0.2, 0) is 24.0 Å². The minimum absolute atomic E-state index is 0.656. The summed E-state index contributed by atoms with van der Waals surface area (Å²) in [6.45, 7) is 4.41. The van der Waals surface area contributed by atoms with Gasteiger partial charge in [-0.3, -0.25) is 0 Å². The molecule has 2 aliphatic carbocycles. The molecule has 0 aromatic heterocycles. The first-order valence-corrected chi connectivity index (χ1v) is 13.1. The van der Waals surface area contributed by atoms with Crippen LogP contribution in [0.1, 0.15) is 100 Å². The van der Waals surface area contributed by atoms with Crippen LogP contribution in [0.15, 0.2) is 48.5 Å². The summed E-state index contributed by atoms with van der Waals surface area (Å²) >= 11 is 0. The molecule has 32 heavy (non-hydrogen) atoms. The van der Waals surface area contributed by atoms with Gasteiger partial charge in [-0.25, -0.2) is 0 Å². The summed E-state index contributed by atoms with van der Waals surface area (Å²) in [4.78, 5) is 0. The van der Waals surface area contributed by atoms with E-state index < -0.39 is 11.2 Å². The van der Waals surface area contributed by atoms with Crippen molar-refractivity contribution in [2.45, 2.75) is 102 Å². The number of hydrogen-bond donors (Lipinski definition) is 2. The fraction of sp³-hybridized carbons (Fsp3) is 0.600. The molecule has 0 saturated heterocycles. The van der Waals surface area contributed by atoms with Crippen molar-refractivity contribution in [1.29, 1.82) is 0 Å². The Morgan fingerprint density at radius 2 is 0.906 bits per heavy atom. The molecule has 2 heteroatoms. The summed E-state index contributed by atoms with van der Waals surface area (Å²) in [6, 6.07) is 17.4. The van der Waals surface area contributed by atoms with E-state index >= 15 is 0 Å². The first-order chi connectivity index (χ1) is 15.5. The smallest absolute Gasteiger partial charge is 0.0896 e. The van der Waals surface area contributed by atoms with Crippen LogP contribution in [0, 0.1) is 11.8 Å². The highest BCUT2D eigenvalue weighted by molar-refractivity contribution is 5.29. The Bertz CT molecular complexity index is 762. The second kappa shape index (κ2) is 10.1. The quantitative estimate of drug-likeness (QED) is 0.490. The number of aryl methyl sites for hydroxylation is 2. The molecule has 0 heterocycles. The molecular formula is C30H42O2. The predicted molar refractivity (Wildman–Crippen MR) is 133 cm³/mol. The normalized spacial score (nSPS) is 30.9. The van der Waals surface area contributed by atoms with Gasteiger partial charge in [-0.2, -0.15) is 0 Å². The van der Waals surface area contributed by atoms with E-state index in [1.165, 1.54) is 11.1 Å². The van der Waals surface area contributed by atoms with Crippen molar-refractivity contribution in [3.05, 3.63) is 70.8 Å². The average molecular weight is 435 g/mol. The van der Waals surface area contributed by atoms with Crippen molar-refractivity contribution in [1.82, 2.24) is 0 Å². The van der Waals surface area contributed by atoms with Gasteiger partial charge >= 0.3 is 0 Å². The van der Waals surface area contributed by atoms with Crippen molar-refractivity contribution < 1.29 is 10.2 Å². The van der Waals surface area contributed by atoms with Crippen molar-refractivity contribution >= 4 is 0 Å². The molecule has 4 rings (SSSR count). The van der Waals surface area contributed by atoms with Crippen LogP contribution in [0.2, 0.25) is 0 Å². The molecule has 2 fully saturated rings. The standard InChI is InChI=1S/C30H42O2/c1-3-5-23-7-11-27(12-8-23)29(31)19-15-25(16-20-29)26-17-21-30(32,22-18-26)28-13-9-24(6-4-2)10-14-28/h7-14,25-26,31-32H,3-6,15-22H2,1-2H3. The molecule has 2 nitrogen and oxygen atoms in total. The van der Waals surface area contributed by atoms with Gasteiger partial charge in [0.2, 0.25) is 0 Å². The summed E-state index contributed by atoms with van der Waals surface area (Å²) in [7, 11) is 0. The monoisotopic (exact) mass is 434 g/mol. The van der Waals surface area contributed by atoms with E-state index in [1.54, 1.807) is 0 Å². The fourth-order valence-electron chi connectivity index (χ4n) is 6.30. The van der Waals surface area contributed by atoms with Crippen LogP contribution >= 0.6 is 0 Å². The Kier molecular flexibility index (Phi) is 7.42. The Balaban J connectivity index is 1.31. The van der Waals surface area contributed by atoms with Crippen LogP contribution < -0.4 is 0 Å². The average Bonchev–Trinajstić information content (AvgIpc) is 2.82. The Morgan fingerprint density at radius 3 is 1.19 bits per heavy atom. The second-order valence-electron chi connectivity index (χ2n) is 10.6. The number of hydrogen-bond acceptors (Lipinski definition) is 2. The third-order valence-electron chi connectivity index (χ3n) is 8.44. The molecule has 2 saturated carbocycles. The Hall–Kier alpha value is -1.64. The van der Waals surface area contributed by atoms with Crippen molar-refractivity contribution in [3.8, 4) is 0 Å². The molecule has 0 unspecified atom stereocenters. The highest BCUT2D eigenvalue weighted by Crippen LogP contribution is 2.48. The van der Waals surface area contributed by atoms with E-state index in [0.717, 1.165) is 88.2 Å². The van der Waals surface area contributed by atoms with Gasteiger partial charge in [-0.15, -0.1) is 0 Å². The first-order valence-electron chi connectivity index (χ1n) is 13.1. The molecule has 2 aromatic carbocycles. The van der Waals surface area contributed by atoms with E-state index in [4.69, 9.17) is 0 Å². The maximum absolute atomic E-state index is 11.3. The van der Waals surface area contributed by atoms with Gasteiger partial charge in [0.1, 0.15) is 0 Å². The van der Waals surface area contributed by atoms with Crippen molar-refractivity contribution in [3.63, 3.8) is 0 Å². The van der Waals surface area contributed by atoms with Gasteiger partial charge < -0.3 is 10.2 Å². The maximum atomic E-state index is 11.3. The van der Waals surface area contributed by atoms with Gasteiger partial charge in [0.15, 0.2) is 0 Å². The van der Waals surface area contributed by atoms with Gasteiger partial charge in [0.05, 0.1) is 11.2 Å². The molecule has 174 valence electrons. The molecule has 2 aliphatic rings. The molecule has 0 radical (unpaired) electrons. The lowest BCUT2D eigenvalue weighted by atomic mass is 9.65. The summed E-state index contributed by atoms with van der Waals surface area (Å²) < 4.78 is 0. The summed E-state index contributed by atoms with van der Waals surface area (Å²) in [6.07, 6.45) is 12.4. The Labute approximate surface area is 195 Å². The van der Waals surface area contributed by atoms with Crippen molar-refractivity contribution in [2.75, 3.05) is 0 Å². The summed E-state index contributed by atoms with van der Waals surface area (Å²) in [5, 5.41) is 22.7. The molecule has 0 spiro atoms. The zero-order valence-corrected chi connectivity index (χ0v) is 20.2. The van der Waals surface area contributed by atoms with E-state index in [2.05, 4.69) is 62.4 Å². The summed E-state index contributed by atoms with van der Waals surface area (Å²) in [5.41, 5.74) is 3.61. The first kappa shape index (κ1) is 23.5. The third-order valence-corrected chi connectivity index (χ3v) is 8.44. The number of benzene rings is 2. The Morgan fingerprint density at radius 1 is 0.594 bits per heavy atom. The minimum Gasteiger partial charge on any atom is -0.385 e. The van der Waals surface area contributed by atoms with Crippen LogP contribution in [0.25, 0.3) is 0 Å². The third kappa shape index (κ3) is 5.13. The zero-order chi connectivity index (χ0) is 22.6. The largest absolute Gasteiger partial charge is 0.385 e. The lowest BCUT2D eigenvalue weighted by Gasteiger charge is -2.43. The highest BCUT2D eigenvalue weighted by Gasteiger charge is 2.41. The molecule has 0 bridgehead atoms. The van der Waals surface area contributed by atoms with E-state index in [0.29, 0.717) is 11.8 Å². The number of rotatable bonds is 7. The molecule has 0 aliphatic heterocycles. The molecular weight excluding hydrogens is 392 g/mol. The number of aliphatic hydroxyl groups is 2. The van der Waals surface area contributed by atoms with Gasteiger partial charge in [-0.1, -0.05) is 75.2 Å². The van der Waals surface area contributed by atoms with Crippen LogP contribution in [0.3, 0.4) is 0 Å². The topological polar surface area (TPSA) is 40.5 Å². The van der Waals surface area contributed by atoms with Crippen LogP contribution in [0.4, 0.5) is 0 Å². The zero-order valence-electron chi connectivity index (χ0n) is 20.2. The lowest BCUT2D eigenvalue weighted by molar-refractivity contribution is -0.0484. The molecule has 0 atom stereocenters. The fourth-order valence-corrected chi connectivity index (χ4v) is 6.30. The second-order valence-corrected chi connectivity index (χ2v) is 10.6. The van der Waals surface area contributed by atoms with Crippen LogP contribution in [-0.4, -0.2) is 10.2 Å². The minimum atomic E-state index is -0.656. The molecule has 2 aromatic rings. The lowest BCUT2D eigenvalue weighted by Crippen LogP contribution is -2.37. The van der Waals surface area contributed by atoms with E-state index in [9.17, 15) is 10.2 Å². The predicted octanol–water partition coefficient (Wildman–Crippen LogP) is 7.05. The maximum Gasteiger partial charge on any atom is 0.0896 e. The van der Waals surface area contributed by atoms with E-state index in [-0.39, 0.29) is 0 Å². The van der Waals surface area contributed by atoms with Gasteiger partial charge in [-0.05, 0) is 98.3 Å². The highest BCUT2D eigenvalue weighted by atomic mass is 16.3. The molecule has 2 N–H and O–H groups in total. The SMILES string of the molecule is CCCc1ccc(C2(O)CCC(C3CCC(O)(c4ccc(CCC)cc4)CC3)CC2)cc1. The summed E-state index contributed by atoms with van der Waals surface area (Å²) in [5.74, 6) is 1.37. The van der Waals surface area contributed by atoms with Gasteiger partial charge in [0, 0.05) is 0 Å². The molecule has 0 amide bonds. The van der Waals surface area contributed by atoms with E-state index in [1.807, 2.05) is 0 Å². The van der Waals surface area contributed by atoms with Crippen LogP contribution in [0.5, 0.6) is 0 Å².